The normalized spacial score (nSPS) is 12.6. The lowest BCUT2D eigenvalue weighted by molar-refractivity contribution is -0.146. The van der Waals surface area contributed by atoms with Crippen LogP contribution < -0.4 is 0 Å². The van der Waals surface area contributed by atoms with E-state index < -0.39 is 0 Å². The first-order chi connectivity index (χ1) is 8.24. The smallest absolute Gasteiger partial charge is 0.312 e. The summed E-state index contributed by atoms with van der Waals surface area (Å²) in [6.45, 7) is 2.29. The van der Waals surface area contributed by atoms with E-state index in [0.717, 1.165) is 17.7 Å². The maximum absolute atomic E-state index is 11.5. The molecule has 1 unspecified atom stereocenters. The molecule has 1 aromatic carbocycles. The number of benzene rings is 1. The van der Waals surface area contributed by atoms with E-state index in [1.165, 1.54) is 0 Å². The second-order valence-corrected chi connectivity index (χ2v) is 4.25. The van der Waals surface area contributed by atoms with Crippen molar-refractivity contribution in [3.05, 3.63) is 42.0 Å². The van der Waals surface area contributed by atoms with E-state index in [0.29, 0.717) is 6.61 Å². The third-order valence-corrected chi connectivity index (χ3v) is 2.61. The summed E-state index contributed by atoms with van der Waals surface area (Å²) in [5.41, 5.74) is 1.09. The van der Waals surface area contributed by atoms with Crippen molar-refractivity contribution in [3.63, 3.8) is 0 Å². The van der Waals surface area contributed by atoms with Gasteiger partial charge in [0.05, 0.1) is 12.5 Å². The zero-order valence-corrected chi connectivity index (χ0v) is 10.9. The number of rotatable bonds is 6. The number of hydrogen-bond donors (Lipinski definition) is 1. The van der Waals surface area contributed by atoms with Crippen LogP contribution in [-0.4, -0.2) is 18.3 Å². The SMILES string of the molecule is CC(/C=C/c1ccccc1)C(=O)OCCCS. The molecule has 0 aliphatic heterocycles. The van der Waals surface area contributed by atoms with Crippen LogP contribution in [0.4, 0.5) is 0 Å². The fraction of sp³-hybridized carbons (Fsp3) is 0.357. The van der Waals surface area contributed by atoms with Crippen molar-refractivity contribution in [2.24, 2.45) is 5.92 Å². The first-order valence-electron chi connectivity index (χ1n) is 5.75. The molecule has 92 valence electrons. The topological polar surface area (TPSA) is 26.3 Å². The van der Waals surface area contributed by atoms with Gasteiger partial charge in [-0.25, -0.2) is 0 Å². The van der Waals surface area contributed by atoms with Crippen molar-refractivity contribution in [1.29, 1.82) is 0 Å². The summed E-state index contributed by atoms with van der Waals surface area (Å²) >= 11 is 4.06. The quantitative estimate of drug-likeness (QED) is 0.477. The van der Waals surface area contributed by atoms with Gasteiger partial charge in [-0.15, -0.1) is 0 Å². The van der Waals surface area contributed by atoms with Gasteiger partial charge in [-0.3, -0.25) is 4.79 Å². The molecular weight excluding hydrogens is 232 g/mol. The second-order valence-electron chi connectivity index (χ2n) is 3.80. The van der Waals surface area contributed by atoms with Gasteiger partial charge in [0.1, 0.15) is 0 Å². The van der Waals surface area contributed by atoms with Crippen LogP contribution in [-0.2, 0) is 9.53 Å². The molecule has 0 amide bonds. The van der Waals surface area contributed by atoms with Gasteiger partial charge in [-0.1, -0.05) is 42.5 Å². The number of thiol groups is 1. The first kappa shape index (κ1) is 13.8. The molecule has 0 bridgehead atoms. The first-order valence-corrected chi connectivity index (χ1v) is 6.38. The lowest BCUT2D eigenvalue weighted by Crippen LogP contribution is -2.13. The van der Waals surface area contributed by atoms with E-state index in [2.05, 4.69) is 12.6 Å². The van der Waals surface area contributed by atoms with Crippen molar-refractivity contribution in [2.75, 3.05) is 12.4 Å². The van der Waals surface area contributed by atoms with Crippen molar-refractivity contribution in [1.82, 2.24) is 0 Å². The molecule has 0 saturated carbocycles. The minimum absolute atomic E-state index is 0.182. The number of esters is 1. The molecule has 0 radical (unpaired) electrons. The van der Waals surface area contributed by atoms with Crippen molar-refractivity contribution < 1.29 is 9.53 Å². The highest BCUT2D eigenvalue weighted by Crippen LogP contribution is 2.07. The Kier molecular flexibility index (Phi) is 6.48. The zero-order valence-electron chi connectivity index (χ0n) is 10.0. The summed E-state index contributed by atoms with van der Waals surface area (Å²) < 4.78 is 5.09. The van der Waals surface area contributed by atoms with Crippen molar-refractivity contribution in [3.8, 4) is 0 Å². The molecule has 0 N–H and O–H groups in total. The standard InChI is InChI=1S/C14H18O2S/c1-12(14(15)16-10-5-11-17)8-9-13-6-3-2-4-7-13/h2-4,6-9,12,17H,5,10-11H2,1H3/b9-8+. The van der Waals surface area contributed by atoms with Crippen molar-refractivity contribution >= 4 is 24.7 Å². The summed E-state index contributed by atoms with van der Waals surface area (Å²) in [4.78, 5) is 11.5. The third-order valence-electron chi connectivity index (χ3n) is 2.30. The number of carbonyl (C=O) groups is 1. The molecule has 0 heterocycles. The number of hydrogen-bond acceptors (Lipinski definition) is 3. The van der Waals surface area contributed by atoms with Crippen LogP contribution in [0, 0.1) is 5.92 Å². The molecule has 2 nitrogen and oxygen atoms in total. The lowest BCUT2D eigenvalue weighted by atomic mass is 10.1. The highest BCUT2D eigenvalue weighted by Gasteiger charge is 2.10. The van der Waals surface area contributed by atoms with E-state index in [4.69, 9.17) is 4.74 Å². The molecule has 0 aliphatic carbocycles. The maximum Gasteiger partial charge on any atom is 0.312 e. The van der Waals surface area contributed by atoms with Crippen LogP contribution in [0.2, 0.25) is 0 Å². The Labute approximate surface area is 108 Å². The van der Waals surface area contributed by atoms with E-state index in [-0.39, 0.29) is 11.9 Å². The predicted octanol–water partition coefficient (Wildman–Crippen LogP) is 3.20. The monoisotopic (exact) mass is 250 g/mol. The summed E-state index contributed by atoms with van der Waals surface area (Å²) in [5, 5.41) is 0. The maximum atomic E-state index is 11.5. The van der Waals surface area contributed by atoms with Gasteiger partial charge < -0.3 is 4.74 Å². The Balaban J connectivity index is 2.40. The molecule has 1 atom stereocenters. The molecule has 0 spiro atoms. The molecule has 0 fully saturated rings. The van der Waals surface area contributed by atoms with Crippen LogP contribution in [0.1, 0.15) is 18.9 Å². The molecule has 0 aromatic heterocycles. The number of carbonyl (C=O) groups excluding carboxylic acids is 1. The van der Waals surface area contributed by atoms with Crippen molar-refractivity contribution in [2.45, 2.75) is 13.3 Å². The van der Waals surface area contributed by atoms with E-state index in [1.807, 2.05) is 49.4 Å². The van der Waals surface area contributed by atoms with Crippen LogP contribution in [0.5, 0.6) is 0 Å². The average Bonchev–Trinajstić information content (AvgIpc) is 2.37. The Hall–Kier alpha value is -1.22. The molecule has 0 aliphatic rings. The van der Waals surface area contributed by atoms with Crippen LogP contribution in [0.3, 0.4) is 0 Å². The van der Waals surface area contributed by atoms with Crippen LogP contribution in [0.25, 0.3) is 6.08 Å². The summed E-state index contributed by atoms with van der Waals surface area (Å²) in [6, 6.07) is 9.89. The summed E-state index contributed by atoms with van der Waals surface area (Å²) in [7, 11) is 0. The number of ether oxygens (including phenoxy) is 1. The summed E-state index contributed by atoms with van der Waals surface area (Å²) in [5.74, 6) is 0.343. The Morgan fingerprint density at radius 2 is 2.12 bits per heavy atom. The van der Waals surface area contributed by atoms with E-state index in [9.17, 15) is 4.79 Å². The van der Waals surface area contributed by atoms with E-state index in [1.54, 1.807) is 0 Å². The van der Waals surface area contributed by atoms with Crippen LogP contribution >= 0.6 is 12.6 Å². The minimum Gasteiger partial charge on any atom is -0.465 e. The van der Waals surface area contributed by atoms with Gasteiger partial charge in [0.2, 0.25) is 0 Å². The third kappa shape index (κ3) is 5.59. The van der Waals surface area contributed by atoms with Gasteiger partial charge in [0.25, 0.3) is 0 Å². The van der Waals surface area contributed by atoms with E-state index >= 15 is 0 Å². The minimum atomic E-state index is -0.213. The molecule has 1 aromatic rings. The lowest BCUT2D eigenvalue weighted by Gasteiger charge is -2.06. The molecular formula is C14H18O2S. The largest absolute Gasteiger partial charge is 0.465 e. The van der Waals surface area contributed by atoms with Gasteiger partial charge in [-0.2, -0.15) is 12.6 Å². The molecule has 0 saturated heterocycles. The molecule has 3 heteroatoms. The van der Waals surface area contributed by atoms with Crippen LogP contribution in [0.15, 0.2) is 36.4 Å². The Morgan fingerprint density at radius 1 is 1.41 bits per heavy atom. The fourth-order valence-corrected chi connectivity index (χ4v) is 1.40. The summed E-state index contributed by atoms with van der Waals surface area (Å²) in [6.07, 6.45) is 4.59. The predicted molar refractivity (Wildman–Crippen MR) is 74.1 cm³/mol. The van der Waals surface area contributed by atoms with Gasteiger partial charge >= 0.3 is 5.97 Å². The molecule has 1 rings (SSSR count). The highest BCUT2D eigenvalue weighted by molar-refractivity contribution is 7.80. The Morgan fingerprint density at radius 3 is 2.76 bits per heavy atom. The van der Waals surface area contributed by atoms with Gasteiger partial charge in [0, 0.05) is 0 Å². The Bertz CT molecular complexity index is 360. The fourth-order valence-electron chi connectivity index (χ4n) is 1.27. The zero-order chi connectivity index (χ0) is 12.5. The highest BCUT2D eigenvalue weighted by atomic mass is 32.1. The van der Waals surface area contributed by atoms with Gasteiger partial charge in [0.15, 0.2) is 0 Å². The second kappa shape index (κ2) is 7.96. The van der Waals surface area contributed by atoms with Gasteiger partial charge in [-0.05, 0) is 24.7 Å². The molecule has 17 heavy (non-hydrogen) atoms. The average molecular weight is 250 g/mol.